The van der Waals surface area contributed by atoms with Crippen LogP contribution in [0, 0.1) is 0 Å². The fourth-order valence-corrected chi connectivity index (χ4v) is 18.4. The molecule has 2 heterocycles. The predicted molar refractivity (Wildman–Crippen MR) is 235 cm³/mol. The predicted octanol–water partition coefficient (Wildman–Crippen LogP) is 4.30. The quantitative estimate of drug-likeness (QED) is 0.0705. The minimum Gasteiger partial charge on any atom is -0.404 e. The molecule has 0 amide bonds. The highest BCUT2D eigenvalue weighted by molar-refractivity contribution is 7.86. The highest BCUT2D eigenvalue weighted by Crippen LogP contribution is 2.48. The van der Waals surface area contributed by atoms with Crippen LogP contribution in [0.25, 0.3) is 0 Å². The number of rotatable bonds is 15. The van der Waals surface area contributed by atoms with Gasteiger partial charge in [0.05, 0.1) is 12.9 Å². The number of benzene rings is 4. The van der Waals surface area contributed by atoms with Crippen LogP contribution < -0.4 is 32.0 Å². The second-order valence-corrected chi connectivity index (χ2v) is 27.1. The smallest absolute Gasteiger partial charge is 0.330 e. The summed E-state index contributed by atoms with van der Waals surface area (Å²) in [6.07, 6.45) is -2.15. The second kappa shape index (κ2) is 17.1. The summed E-state index contributed by atoms with van der Waals surface area (Å²) < 4.78 is 56.5. The molecule has 1 N–H and O–H groups in total. The van der Waals surface area contributed by atoms with Crippen LogP contribution in [0.3, 0.4) is 0 Å². The lowest BCUT2D eigenvalue weighted by molar-refractivity contribution is -0.155. The van der Waals surface area contributed by atoms with E-state index in [2.05, 4.69) is 82.7 Å². The van der Waals surface area contributed by atoms with Crippen molar-refractivity contribution in [1.82, 2.24) is 9.55 Å². The first-order valence-electron chi connectivity index (χ1n) is 19.4. The minimum absolute atomic E-state index is 0.239. The molecule has 6 rings (SSSR count). The maximum Gasteiger partial charge on any atom is 0.330 e. The molecule has 1 fully saturated rings. The number of aromatic nitrogens is 2. The van der Waals surface area contributed by atoms with Gasteiger partial charge < -0.3 is 18.4 Å². The van der Waals surface area contributed by atoms with Gasteiger partial charge in [0.15, 0.2) is 24.5 Å². The molecule has 1 aliphatic rings. The lowest BCUT2D eigenvalue weighted by Crippen LogP contribution is -2.72. The summed E-state index contributed by atoms with van der Waals surface area (Å²) in [5.41, 5.74) is -3.23. The molecular formula is C44H53N3O9SSi2. The van der Waals surface area contributed by atoms with E-state index < -0.39 is 72.1 Å². The molecule has 12 nitrogen and oxygen atoms in total. The van der Waals surface area contributed by atoms with Gasteiger partial charge in [-0.2, -0.15) is 8.42 Å². The Morgan fingerprint density at radius 1 is 0.729 bits per heavy atom. The minimum atomic E-state index is -4.29. The fraction of sp³-hybridized carbons (Fsp3) is 0.341. The van der Waals surface area contributed by atoms with Gasteiger partial charge in [0.25, 0.3) is 32.3 Å². The monoisotopic (exact) mass is 855 g/mol. The number of oxime groups is 1. The molecule has 312 valence electrons. The van der Waals surface area contributed by atoms with E-state index in [-0.39, 0.29) is 13.2 Å². The van der Waals surface area contributed by atoms with Crippen molar-refractivity contribution >= 4 is 54.2 Å². The lowest BCUT2D eigenvalue weighted by atomic mass is 9.97. The van der Waals surface area contributed by atoms with Crippen LogP contribution in [0.4, 0.5) is 0 Å². The Morgan fingerprint density at radius 2 is 1.17 bits per heavy atom. The first-order chi connectivity index (χ1) is 27.9. The third-order valence-electron chi connectivity index (χ3n) is 10.9. The maximum absolute atomic E-state index is 13.7. The Kier molecular flexibility index (Phi) is 12.7. The average molecular weight is 856 g/mol. The van der Waals surface area contributed by atoms with Crippen molar-refractivity contribution < 1.29 is 31.0 Å². The van der Waals surface area contributed by atoms with Gasteiger partial charge in [0, 0.05) is 19.0 Å². The molecular weight excluding hydrogens is 803 g/mol. The first kappa shape index (κ1) is 43.8. The number of hydrogen-bond donors (Lipinski definition) is 1. The number of hydrogen-bond acceptors (Lipinski definition) is 10. The van der Waals surface area contributed by atoms with E-state index in [1.165, 1.54) is 6.20 Å². The van der Waals surface area contributed by atoms with E-state index in [1.54, 1.807) is 0 Å². The van der Waals surface area contributed by atoms with Crippen LogP contribution in [-0.2, 0) is 32.7 Å². The van der Waals surface area contributed by atoms with Crippen molar-refractivity contribution in [2.75, 3.05) is 19.5 Å². The molecule has 1 aromatic heterocycles. The van der Waals surface area contributed by atoms with Gasteiger partial charge in [-0.1, -0.05) is 163 Å². The van der Waals surface area contributed by atoms with Crippen LogP contribution in [0.1, 0.15) is 47.8 Å². The van der Waals surface area contributed by atoms with Crippen molar-refractivity contribution in [2.45, 2.75) is 75.7 Å². The molecule has 59 heavy (non-hydrogen) atoms. The van der Waals surface area contributed by atoms with Crippen LogP contribution >= 0.6 is 0 Å². The molecule has 5 aromatic rings. The zero-order valence-corrected chi connectivity index (χ0v) is 37.3. The van der Waals surface area contributed by atoms with Crippen LogP contribution in [0.2, 0.25) is 10.1 Å². The zero-order valence-electron chi connectivity index (χ0n) is 34.5. The van der Waals surface area contributed by atoms with Crippen molar-refractivity contribution in [3.63, 3.8) is 0 Å². The van der Waals surface area contributed by atoms with Gasteiger partial charge in [-0.3, -0.25) is 18.5 Å². The zero-order chi connectivity index (χ0) is 42.7. The highest BCUT2D eigenvalue weighted by atomic mass is 32.2. The van der Waals surface area contributed by atoms with E-state index in [9.17, 15) is 18.0 Å². The summed E-state index contributed by atoms with van der Waals surface area (Å²) in [6.45, 7) is 15.7. The molecule has 4 unspecified atom stereocenters. The summed E-state index contributed by atoms with van der Waals surface area (Å²) in [5.74, 6) is 0. The van der Waals surface area contributed by atoms with E-state index in [1.807, 2.05) is 97.1 Å². The van der Waals surface area contributed by atoms with Gasteiger partial charge in [0.2, 0.25) is 0 Å². The number of aromatic amines is 1. The Labute approximate surface area is 348 Å². The standard InChI is InChI=1S/C44H53N3O9SSi2/c1-42(2,3)58(33-21-13-9-14-22-33,34-23-15-10-16-24-34)53-32-44(31-52-45-7)39(38(55-57(8,50)51)40(54-44)47-30-29-37(48)46-41(47)49)56-59(43(4,5)6,35-25-17-11-18-26-35)36-27-19-12-20-28-36/h9-30,38-40H,7,31-32H2,1-6,8H3,(H,46,48,49). The lowest BCUT2D eigenvalue weighted by Gasteiger charge is -2.49. The van der Waals surface area contributed by atoms with Crippen molar-refractivity contribution in [3.05, 3.63) is 154 Å². The number of nitrogens with one attached hydrogen (secondary N) is 1. The third-order valence-corrected chi connectivity index (χ3v) is 21.5. The number of ether oxygens (including phenoxy) is 1. The average Bonchev–Trinajstić information content (AvgIpc) is 3.47. The molecule has 15 heteroatoms. The number of nitrogens with zero attached hydrogens (tertiary/aromatic N) is 2. The van der Waals surface area contributed by atoms with E-state index >= 15 is 0 Å². The van der Waals surface area contributed by atoms with Crippen LogP contribution in [-0.4, -0.2) is 78.6 Å². The van der Waals surface area contributed by atoms with Crippen LogP contribution in [0.5, 0.6) is 0 Å². The number of H-pyrrole nitrogens is 1. The van der Waals surface area contributed by atoms with Gasteiger partial charge in [-0.05, 0) is 30.8 Å². The van der Waals surface area contributed by atoms with Crippen LogP contribution in [0.15, 0.2) is 148 Å². The Bertz CT molecular complexity index is 2340. The second-order valence-electron chi connectivity index (χ2n) is 16.9. The molecule has 1 aliphatic heterocycles. The SMILES string of the molecule is C=NOCC1(CO[Si](c2ccccc2)(c2ccccc2)C(C)(C)C)OC(n2ccc(=O)[nH]c2=O)C(OS(C)(=O)=O)C1O[Si](c1ccccc1)(c1ccccc1)C(C)(C)C. The molecule has 4 aromatic carbocycles. The van der Waals surface area contributed by atoms with E-state index in [0.29, 0.717) is 0 Å². The Hall–Kier alpha value is -4.75. The third kappa shape index (κ3) is 8.64. The highest BCUT2D eigenvalue weighted by Gasteiger charge is 2.65. The molecule has 4 atom stereocenters. The van der Waals surface area contributed by atoms with Crippen molar-refractivity contribution in [1.29, 1.82) is 0 Å². The maximum atomic E-state index is 13.7. The topological polar surface area (TPSA) is 148 Å². The van der Waals surface area contributed by atoms with Gasteiger partial charge in [0.1, 0.15) is 6.10 Å². The van der Waals surface area contributed by atoms with Gasteiger partial charge in [-0.15, -0.1) is 5.16 Å². The van der Waals surface area contributed by atoms with Crippen molar-refractivity contribution in [2.24, 2.45) is 5.16 Å². The molecule has 0 radical (unpaired) electrons. The van der Waals surface area contributed by atoms with Gasteiger partial charge >= 0.3 is 5.69 Å². The summed E-state index contributed by atoms with van der Waals surface area (Å²) in [7, 11) is -11.2. The van der Waals surface area contributed by atoms with E-state index in [4.69, 9.17) is 22.6 Å². The molecule has 0 bridgehead atoms. The Balaban J connectivity index is 1.68. The molecule has 0 spiro atoms. The largest absolute Gasteiger partial charge is 0.404 e. The van der Waals surface area contributed by atoms with Gasteiger partial charge in [-0.25, -0.2) is 4.79 Å². The van der Waals surface area contributed by atoms with E-state index in [0.717, 1.165) is 37.6 Å². The molecule has 0 aliphatic carbocycles. The first-order valence-corrected chi connectivity index (χ1v) is 25.0. The molecule has 1 saturated heterocycles. The normalized spacial score (nSPS) is 20.3. The van der Waals surface area contributed by atoms with Crippen molar-refractivity contribution in [3.8, 4) is 0 Å². The summed E-state index contributed by atoms with van der Waals surface area (Å²) in [4.78, 5) is 34.2. The molecule has 0 saturated carbocycles. The summed E-state index contributed by atoms with van der Waals surface area (Å²) in [5, 5.41) is 6.44. The summed E-state index contributed by atoms with van der Waals surface area (Å²) in [6, 6.07) is 40.9. The fourth-order valence-electron chi connectivity index (χ4n) is 8.44. The Morgan fingerprint density at radius 3 is 1.56 bits per heavy atom. The summed E-state index contributed by atoms with van der Waals surface area (Å²) >= 11 is 0.